The Balaban J connectivity index is 1.52. The van der Waals surface area contributed by atoms with Crippen LogP contribution in [0.25, 0.3) is 0 Å². The van der Waals surface area contributed by atoms with Crippen molar-refractivity contribution < 1.29 is 14.5 Å². The predicted octanol–water partition coefficient (Wildman–Crippen LogP) is 3.70. The molecule has 0 amide bonds. The Kier molecular flexibility index (Phi) is 6.85. The van der Waals surface area contributed by atoms with E-state index in [0.717, 1.165) is 31.9 Å². The number of piperazine rings is 1. The molecule has 0 bridgehead atoms. The highest BCUT2D eigenvalue weighted by Gasteiger charge is 2.19. The van der Waals surface area contributed by atoms with Crippen LogP contribution in [0.4, 0.5) is 22.7 Å². The van der Waals surface area contributed by atoms with Crippen LogP contribution in [0, 0.1) is 10.1 Å². The molecule has 3 rings (SSSR count). The first-order valence-electron chi connectivity index (χ1n) is 9.44. The fourth-order valence-electron chi connectivity index (χ4n) is 3.04. The zero-order chi connectivity index (χ0) is 20.6. The smallest absolute Gasteiger partial charge is 0.320 e. The minimum atomic E-state index is -0.448. The van der Waals surface area contributed by atoms with Gasteiger partial charge in [0.05, 0.1) is 29.4 Å². The van der Waals surface area contributed by atoms with Gasteiger partial charge in [-0.1, -0.05) is 0 Å². The number of nitro groups is 1. The first-order valence-corrected chi connectivity index (χ1v) is 9.44. The molecule has 0 aliphatic carbocycles. The van der Waals surface area contributed by atoms with E-state index in [4.69, 9.17) is 4.74 Å². The van der Waals surface area contributed by atoms with E-state index in [1.807, 2.05) is 31.2 Å². The van der Waals surface area contributed by atoms with Crippen LogP contribution in [0.2, 0.25) is 0 Å². The number of ether oxygens (including phenoxy) is 1. The van der Waals surface area contributed by atoms with Gasteiger partial charge in [0.2, 0.25) is 0 Å². The predicted molar refractivity (Wildman–Crippen MR) is 109 cm³/mol. The molecule has 1 fully saturated rings. The molecule has 2 aromatic carbocycles. The summed E-state index contributed by atoms with van der Waals surface area (Å²) >= 11 is 0. The Hall–Kier alpha value is -3.33. The van der Waals surface area contributed by atoms with Gasteiger partial charge >= 0.3 is 5.97 Å². The van der Waals surface area contributed by atoms with Crippen molar-refractivity contribution in [3.63, 3.8) is 0 Å². The molecule has 1 aliphatic heterocycles. The zero-order valence-corrected chi connectivity index (χ0v) is 16.2. The van der Waals surface area contributed by atoms with Crippen molar-refractivity contribution >= 4 is 28.7 Å². The van der Waals surface area contributed by atoms with Gasteiger partial charge < -0.3 is 9.64 Å². The molecule has 0 aromatic heterocycles. The van der Waals surface area contributed by atoms with Crippen molar-refractivity contribution in [1.82, 2.24) is 4.90 Å². The van der Waals surface area contributed by atoms with Crippen molar-refractivity contribution in [2.24, 2.45) is 10.2 Å². The lowest BCUT2D eigenvalue weighted by atomic mass is 10.2. The average Bonchev–Trinajstić information content (AvgIpc) is 2.74. The van der Waals surface area contributed by atoms with Crippen molar-refractivity contribution in [1.29, 1.82) is 0 Å². The highest BCUT2D eigenvalue weighted by atomic mass is 16.6. The van der Waals surface area contributed by atoms with Crippen LogP contribution in [0.1, 0.15) is 6.92 Å². The SMILES string of the molecule is CCOC(=O)CN1CCN(c2ccc(/N=N/c3ccc([N+](=O)[O-])cc3)cc2)CC1. The Morgan fingerprint density at radius 1 is 1.00 bits per heavy atom. The molecule has 1 aliphatic rings. The number of nitrogens with zero attached hydrogens (tertiary/aromatic N) is 5. The fourth-order valence-corrected chi connectivity index (χ4v) is 3.04. The molecular formula is C20H23N5O4. The lowest BCUT2D eigenvalue weighted by Crippen LogP contribution is -2.48. The lowest BCUT2D eigenvalue weighted by Gasteiger charge is -2.35. The molecule has 9 heteroatoms. The van der Waals surface area contributed by atoms with Gasteiger partial charge in [-0.05, 0) is 43.3 Å². The van der Waals surface area contributed by atoms with Crippen LogP contribution >= 0.6 is 0 Å². The van der Waals surface area contributed by atoms with Crippen molar-refractivity contribution in [2.45, 2.75) is 6.92 Å². The molecule has 0 spiro atoms. The molecular weight excluding hydrogens is 374 g/mol. The summed E-state index contributed by atoms with van der Waals surface area (Å²) in [6.45, 7) is 5.84. The molecule has 2 aromatic rings. The van der Waals surface area contributed by atoms with E-state index >= 15 is 0 Å². The normalized spacial score (nSPS) is 14.9. The lowest BCUT2D eigenvalue weighted by molar-refractivity contribution is -0.384. The first kappa shape index (κ1) is 20.4. The maximum atomic E-state index is 11.6. The number of hydrogen-bond donors (Lipinski definition) is 0. The minimum absolute atomic E-state index is 0.0238. The van der Waals surface area contributed by atoms with Gasteiger partial charge in [-0.25, -0.2) is 0 Å². The summed E-state index contributed by atoms with van der Waals surface area (Å²) in [6, 6.07) is 13.7. The summed E-state index contributed by atoms with van der Waals surface area (Å²) in [5, 5.41) is 19.0. The van der Waals surface area contributed by atoms with E-state index in [2.05, 4.69) is 20.0 Å². The molecule has 0 atom stereocenters. The number of nitro benzene ring substituents is 1. The molecule has 152 valence electrons. The van der Waals surface area contributed by atoms with E-state index in [1.54, 1.807) is 12.1 Å². The van der Waals surface area contributed by atoms with E-state index in [0.29, 0.717) is 24.5 Å². The van der Waals surface area contributed by atoms with Crippen LogP contribution in [-0.2, 0) is 9.53 Å². The average molecular weight is 397 g/mol. The zero-order valence-electron chi connectivity index (χ0n) is 16.2. The summed E-state index contributed by atoms with van der Waals surface area (Å²) in [4.78, 5) is 26.2. The summed E-state index contributed by atoms with van der Waals surface area (Å²) in [5.74, 6) is -0.177. The third kappa shape index (κ3) is 5.82. The van der Waals surface area contributed by atoms with Crippen molar-refractivity contribution in [3.8, 4) is 0 Å². The van der Waals surface area contributed by atoms with Crippen molar-refractivity contribution in [2.75, 3.05) is 44.2 Å². The number of azo groups is 1. The molecule has 9 nitrogen and oxygen atoms in total. The number of non-ortho nitro benzene ring substituents is 1. The third-order valence-corrected chi connectivity index (χ3v) is 4.59. The standard InChI is InChI=1S/C20H23N5O4/c1-2-29-20(26)15-23-11-13-24(14-12-23)18-7-3-16(4-8-18)21-22-17-5-9-19(10-6-17)25(27)28/h3-10H,2,11-15H2,1H3/b22-21+. The van der Waals surface area contributed by atoms with Crippen LogP contribution in [0.15, 0.2) is 58.8 Å². The fraction of sp³-hybridized carbons (Fsp3) is 0.350. The molecule has 29 heavy (non-hydrogen) atoms. The number of carbonyl (C=O) groups excluding carboxylic acids is 1. The van der Waals surface area contributed by atoms with E-state index in [-0.39, 0.29) is 11.7 Å². The van der Waals surface area contributed by atoms with Gasteiger partial charge in [-0.15, -0.1) is 0 Å². The Morgan fingerprint density at radius 3 is 2.07 bits per heavy atom. The second-order valence-electron chi connectivity index (χ2n) is 6.56. The first-order chi connectivity index (χ1) is 14.0. The second-order valence-corrected chi connectivity index (χ2v) is 6.56. The molecule has 0 unspecified atom stereocenters. The number of esters is 1. The Bertz CT molecular complexity index is 859. The molecule has 0 radical (unpaired) electrons. The summed E-state index contributed by atoms with van der Waals surface area (Å²) < 4.78 is 5.00. The van der Waals surface area contributed by atoms with Crippen LogP contribution in [0.3, 0.4) is 0 Å². The molecule has 0 saturated carbocycles. The van der Waals surface area contributed by atoms with Gasteiger partial charge in [-0.3, -0.25) is 19.8 Å². The minimum Gasteiger partial charge on any atom is -0.465 e. The second kappa shape index (κ2) is 9.74. The summed E-state index contributed by atoms with van der Waals surface area (Å²) in [6.07, 6.45) is 0. The van der Waals surface area contributed by atoms with Gasteiger partial charge in [0.15, 0.2) is 0 Å². The summed E-state index contributed by atoms with van der Waals surface area (Å²) in [7, 11) is 0. The summed E-state index contributed by atoms with van der Waals surface area (Å²) in [5.41, 5.74) is 2.37. The van der Waals surface area contributed by atoms with E-state index in [1.165, 1.54) is 12.1 Å². The number of benzene rings is 2. The maximum absolute atomic E-state index is 11.6. The van der Waals surface area contributed by atoms with Gasteiger partial charge in [-0.2, -0.15) is 10.2 Å². The number of hydrogen-bond acceptors (Lipinski definition) is 8. The highest BCUT2D eigenvalue weighted by Crippen LogP contribution is 2.24. The Morgan fingerprint density at radius 2 is 1.55 bits per heavy atom. The van der Waals surface area contributed by atoms with E-state index < -0.39 is 4.92 Å². The molecule has 1 saturated heterocycles. The molecule has 1 heterocycles. The molecule has 0 N–H and O–H groups in total. The van der Waals surface area contributed by atoms with Crippen LogP contribution in [0.5, 0.6) is 0 Å². The monoisotopic (exact) mass is 397 g/mol. The van der Waals surface area contributed by atoms with E-state index in [9.17, 15) is 14.9 Å². The Labute approximate surface area is 168 Å². The third-order valence-electron chi connectivity index (χ3n) is 4.59. The van der Waals surface area contributed by atoms with Crippen LogP contribution in [-0.4, -0.2) is 55.1 Å². The van der Waals surface area contributed by atoms with Gasteiger partial charge in [0.25, 0.3) is 5.69 Å². The largest absolute Gasteiger partial charge is 0.465 e. The van der Waals surface area contributed by atoms with Gasteiger partial charge in [0, 0.05) is 44.0 Å². The number of rotatable bonds is 7. The number of carbonyl (C=O) groups is 1. The highest BCUT2D eigenvalue weighted by molar-refractivity contribution is 5.71. The topological polar surface area (TPSA) is 101 Å². The maximum Gasteiger partial charge on any atom is 0.320 e. The number of anilines is 1. The van der Waals surface area contributed by atoms with Crippen molar-refractivity contribution in [3.05, 3.63) is 58.6 Å². The van der Waals surface area contributed by atoms with Crippen LogP contribution < -0.4 is 4.90 Å². The quantitative estimate of drug-likeness (QED) is 0.306. The van der Waals surface area contributed by atoms with Gasteiger partial charge in [0.1, 0.15) is 0 Å².